The number of piperidine rings is 2. The maximum Gasteiger partial charge on any atom is 0.255 e. The molecule has 11 heteroatoms. The molecule has 0 bridgehead atoms. The van der Waals surface area contributed by atoms with Crippen molar-refractivity contribution < 1.29 is 28.6 Å². The summed E-state index contributed by atoms with van der Waals surface area (Å²) in [4.78, 5) is 45.9. The Bertz CT molecular complexity index is 2110. The molecule has 3 fully saturated rings. The Morgan fingerprint density at radius 1 is 0.800 bits per heavy atom. The standard InChI is InChI=1S/C44H46FN5O5/c45-37-23-30(42-35-10-8-33(51)24-40(35)55-27-36(42)29-4-2-1-3-5-29)6-11-38(37)49-16-14-28(15-17-49)25-47-18-20-48(21-19-47)32-7-9-34-31(22-32)26-50(44(34)54)39-12-13-41(52)46-43(39)53/h1-11,22-24,28,36,39,42,51H,12-21,25-27H2,(H,46,52,53)/t36-,39?,42?/m1/s1. The highest BCUT2D eigenvalue weighted by Crippen LogP contribution is 2.47. The van der Waals surface area contributed by atoms with Crippen molar-refractivity contribution in [2.24, 2.45) is 5.92 Å². The number of carbonyl (C=O) groups excluding carboxylic acids is 3. The van der Waals surface area contributed by atoms with Crippen LogP contribution in [0.3, 0.4) is 0 Å². The molecule has 5 heterocycles. The maximum absolute atomic E-state index is 16.1. The van der Waals surface area contributed by atoms with Gasteiger partial charge < -0.3 is 24.5 Å². The maximum atomic E-state index is 16.1. The summed E-state index contributed by atoms with van der Waals surface area (Å²) in [6.07, 6.45) is 2.63. The summed E-state index contributed by atoms with van der Waals surface area (Å²) in [7, 11) is 0. The van der Waals surface area contributed by atoms with Crippen molar-refractivity contribution in [1.29, 1.82) is 0 Å². The van der Waals surface area contributed by atoms with E-state index in [1.165, 1.54) is 0 Å². The average molecular weight is 744 g/mol. The third kappa shape index (κ3) is 6.90. The summed E-state index contributed by atoms with van der Waals surface area (Å²) >= 11 is 0. The molecular formula is C44H46FN5O5. The summed E-state index contributed by atoms with van der Waals surface area (Å²) < 4.78 is 22.2. The summed E-state index contributed by atoms with van der Waals surface area (Å²) in [5.41, 5.74) is 6.31. The molecule has 284 valence electrons. The minimum absolute atomic E-state index is 0.0120. The summed E-state index contributed by atoms with van der Waals surface area (Å²) in [5.74, 6) is 0.232. The van der Waals surface area contributed by atoms with Crippen molar-refractivity contribution in [2.45, 2.75) is 50.1 Å². The van der Waals surface area contributed by atoms with E-state index < -0.39 is 6.04 Å². The summed E-state index contributed by atoms with van der Waals surface area (Å²) in [6.45, 7) is 7.18. The third-order valence-electron chi connectivity index (χ3n) is 12.4. The van der Waals surface area contributed by atoms with E-state index in [-0.39, 0.29) is 47.5 Å². The summed E-state index contributed by atoms with van der Waals surface area (Å²) in [5, 5.41) is 12.5. The molecule has 10 nitrogen and oxygen atoms in total. The van der Waals surface area contributed by atoms with Crippen molar-refractivity contribution >= 4 is 29.1 Å². The van der Waals surface area contributed by atoms with E-state index in [9.17, 15) is 19.5 Å². The monoisotopic (exact) mass is 743 g/mol. The number of phenolic OH excluding ortho intramolecular Hbond substituents is 1. The Hall–Kier alpha value is -5.42. The molecule has 55 heavy (non-hydrogen) atoms. The normalized spacial score (nSPS) is 23.3. The fourth-order valence-electron chi connectivity index (χ4n) is 9.44. The third-order valence-corrected chi connectivity index (χ3v) is 12.4. The zero-order chi connectivity index (χ0) is 37.6. The van der Waals surface area contributed by atoms with E-state index in [0.717, 1.165) is 86.6 Å². The van der Waals surface area contributed by atoms with E-state index in [1.807, 2.05) is 42.5 Å². The number of hydrogen-bond donors (Lipinski definition) is 2. The molecule has 5 aliphatic heterocycles. The SMILES string of the molecule is O=C1CCC(N2Cc3cc(N4CCN(CC5CCN(c6ccc(C7c8ccc(O)cc8OC[C@@H]7c7ccccc7)cc6F)CC5)CC4)ccc3C2=O)C(=O)N1. The molecule has 0 spiro atoms. The second kappa shape index (κ2) is 14.7. The van der Waals surface area contributed by atoms with Crippen LogP contribution in [-0.2, 0) is 16.1 Å². The van der Waals surface area contributed by atoms with E-state index >= 15 is 4.39 Å². The van der Waals surface area contributed by atoms with Crippen LogP contribution in [0.2, 0.25) is 0 Å². The number of fused-ring (bicyclic) bond motifs is 2. The van der Waals surface area contributed by atoms with Crippen LogP contribution in [0.15, 0.2) is 84.9 Å². The lowest BCUT2D eigenvalue weighted by Crippen LogP contribution is -2.52. The largest absolute Gasteiger partial charge is 0.508 e. The molecule has 5 aliphatic rings. The fourth-order valence-corrected chi connectivity index (χ4v) is 9.44. The Morgan fingerprint density at radius 2 is 1.60 bits per heavy atom. The van der Waals surface area contributed by atoms with Crippen molar-refractivity contribution in [3.63, 3.8) is 0 Å². The molecular weight excluding hydrogens is 698 g/mol. The van der Waals surface area contributed by atoms with Gasteiger partial charge in [0.2, 0.25) is 11.8 Å². The van der Waals surface area contributed by atoms with Gasteiger partial charge in [0.05, 0.1) is 12.3 Å². The number of nitrogens with one attached hydrogen (secondary N) is 1. The number of ether oxygens (including phenoxy) is 1. The van der Waals surface area contributed by atoms with Crippen LogP contribution in [0.25, 0.3) is 0 Å². The molecule has 3 atom stereocenters. The van der Waals surface area contributed by atoms with Gasteiger partial charge in [-0.3, -0.25) is 24.6 Å². The Labute approximate surface area is 320 Å². The molecule has 9 rings (SSSR count). The van der Waals surface area contributed by atoms with Gasteiger partial charge in [-0.2, -0.15) is 0 Å². The van der Waals surface area contributed by atoms with Crippen molar-refractivity contribution in [3.05, 3.63) is 119 Å². The highest BCUT2D eigenvalue weighted by atomic mass is 19.1. The van der Waals surface area contributed by atoms with E-state index in [0.29, 0.717) is 42.5 Å². The number of amides is 3. The predicted octanol–water partition coefficient (Wildman–Crippen LogP) is 5.64. The molecule has 2 N–H and O–H groups in total. The number of benzene rings is 4. The van der Waals surface area contributed by atoms with Gasteiger partial charge in [0.15, 0.2) is 0 Å². The lowest BCUT2D eigenvalue weighted by molar-refractivity contribution is -0.136. The van der Waals surface area contributed by atoms with Crippen LogP contribution < -0.4 is 19.9 Å². The lowest BCUT2D eigenvalue weighted by atomic mass is 9.76. The minimum atomic E-state index is -0.609. The van der Waals surface area contributed by atoms with Crippen LogP contribution in [-0.4, -0.2) is 91.1 Å². The van der Waals surface area contributed by atoms with Gasteiger partial charge in [0.25, 0.3) is 5.91 Å². The quantitative estimate of drug-likeness (QED) is 0.235. The van der Waals surface area contributed by atoms with Gasteiger partial charge in [0, 0.05) is 93.5 Å². The van der Waals surface area contributed by atoms with Crippen LogP contribution >= 0.6 is 0 Å². The van der Waals surface area contributed by atoms with E-state index in [2.05, 4.69) is 44.3 Å². The van der Waals surface area contributed by atoms with Crippen molar-refractivity contribution in [3.8, 4) is 11.5 Å². The first kappa shape index (κ1) is 35.3. The van der Waals surface area contributed by atoms with Crippen molar-refractivity contribution in [1.82, 2.24) is 15.1 Å². The van der Waals surface area contributed by atoms with Gasteiger partial charge >= 0.3 is 0 Å². The molecule has 0 radical (unpaired) electrons. The number of hydrogen-bond acceptors (Lipinski definition) is 8. The second-order valence-electron chi connectivity index (χ2n) is 15.7. The topological polar surface area (TPSA) is 106 Å². The number of halogens is 1. The summed E-state index contributed by atoms with van der Waals surface area (Å²) in [6, 6.07) is 26.6. The zero-order valence-corrected chi connectivity index (χ0v) is 30.8. The highest BCUT2D eigenvalue weighted by molar-refractivity contribution is 6.05. The van der Waals surface area contributed by atoms with Gasteiger partial charge in [-0.25, -0.2) is 4.39 Å². The lowest BCUT2D eigenvalue weighted by Gasteiger charge is -2.40. The molecule has 4 aromatic carbocycles. The van der Waals surface area contributed by atoms with E-state index in [1.54, 1.807) is 23.1 Å². The number of phenols is 1. The average Bonchev–Trinajstić information content (AvgIpc) is 3.53. The molecule has 2 unspecified atom stereocenters. The fraction of sp³-hybridized carbons (Fsp3) is 0.386. The molecule has 0 aliphatic carbocycles. The molecule has 0 aromatic heterocycles. The Balaban J connectivity index is 0.795. The van der Waals surface area contributed by atoms with Crippen LogP contribution in [0.4, 0.5) is 15.8 Å². The minimum Gasteiger partial charge on any atom is -0.508 e. The van der Waals surface area contributed by atoms with E-state index in [4.69, 9.17) is 4.74 Å². The number of nitrogens with zero attached hydrogens (tertiary/aromatic N) is 4. The number of carbonyl (C=O) groups is 3. The van der Waals surface area contributed by atoms with Crippen LogP contribution in [0.1, 0.15) is 70.1 Å². The number of aromatic hydroxyl groups is 1. The van der Waals surface area contributed by atoms with Crippen molar-refractivity contribution in [2.75, 3.05) is 62.2 Å². The molecule has 3 amide bonds. The number of rotatable bonds is 7. The predicted molar refractivity (Wildman–Crippen MR) is 207 cm³/mol. The molecule has 3 saturated heterocycles. The molecule has 0 saturated carbocycles. The van der Waals surface area contributed by atoms with Crippen LogP contribution in [0, 0.1) is 11.7 Å². The smallest absolute Gasteiger partial charge is 0.255 e. The second-order valence-corrected chi connectivity index (χ2v) is 15.7. The first-order chi connectivity index (χ1) is 26.8. The molecule has 4 aromatic rings. The Morgan fingerprint density at radius 3 is 2.36 bits per heavy atom. The number of anilines is 2. The van der Waals surface area contributed by atoms with Gasteiger partial charge in [-0.05, 0) is 78.3 Å². The first-order valence-corrected chi connectivity index (χ1v) is 19.6. The van der Waals surface area contributed by atoms with Crippen LogP contribution in [0.5, 0.6) is 11.5 Å². The number of imide groups is 1. The Kier molecular flexibility index (Phi) is 9.41. The van der Waals surface area contributed by atoms with Gasteiger partial charge in [-0.15, -0.1) is 0 Å². The van der Waals surface area contributed by atoms with Gasteiger partial charge in [-0.1, -0.05) is 42.5 Å². The number of piperazine rings is 1. The van der Waals surface area contributed by atoms with Gasteiger partial charge in [0.1, 0.15) is 23.4 Å². The zero-order valence-electron chi connectivity index (χ0n) is 30.8. The highest BCUT2D eigenvalue weighted by Gasteiger charge is 2.40. The first-order valence-electron chi connectivity index (χ1n) is 19.6.